The molecule has 3 aromatic rings. The number of hydrogen-bond acceptors (Lipinski definition) is 4. The normalized spacial score (nSPS) is 10.5. The van der Waals surface area contributed by atoms with Gasteiger partial charge in [0.25, 0.3) is 0 Å². The molecule has 4 nitrogen and oxygen atoms in total. The number of aryl methyl sites for hydroxylation is 2. The summed E-state index contributed by atoms with van der Waals surface area (Å²) in [6.45, 7) is 4.18. The number of benzene rings is 2. The van der Waals surface area contributed by atoms with E-state index in [0.29, 0.717) is 0 Å². The molecule has 5 heteroatoms. The fraction of sp³-hybridized carbons (Fsp3) is 0.111. The number of thiazole rings is 1. The molecule has 116 valence electrons. The summed E-state index contributed by atoms with van der Waals surface area (Å²) in [5.41, 5.74) is 5.62. The Morgan fingerprint density at radius 1 is 1.09 bits per heavy atom. The molecule has 2 aromatic carbocycles. The minimum atomic E-state index is -0.928. The van der Waals surface area contributed by atoms with E-state index in [0.717, 1.165) is 22.1 Å². The van der Waals surface area contributed by atoms with Crippen LogP contribution >= 0.6 is 11.3 Å². The molecule has 0 aliphatic carbocycles. The molecule has 0 atom stereocenters. The highest BCUT2D eigenvalue weighted by atomic mass is 32.1. The van der Waals surface area contributed by atoms with Crippen molar-refractivity contribution in [3.63, 3.8) is 0 Å². The molecule has 1 aromatic heterocycles. The van der Waals surface area contributed by atoms with E-state index in [1.807, 2.05) is 5.38 Å². The topological polar surface area (TPSA) is 62.2 Å². The number of aromatic nitrogens is 1. The molecule has 0 fully saturated rings. The van der Waals surface area contributed by atoms with Crippen LogP contribution in [0.2, 0.25) is 0 Å². The Bertz CT molecular complexity index is 854. The monoisotopic (exact) mass is 324 g/mol. The zero-order chi connectivity index (χ0) is 16.4. The number of nitrogens with zero attached hydrogens (tertiary/aromatic N) is 1. The van der Waals surface area contributed by atoms with Gasteiger partial charge in [-0.15, -0.1) is 11.3 Å². The predicted octanol–water partition coefficient (Wildman–Crippen LogP) is 4.87. The van der Waals surface area contributed by atoms with E-state index in [1.54, 1.807) is 24.3 Å². The van der Waals surface area contributed by atoms with Crippen LogP contribution in [0.3, 0.4) is 0 Å². The van der Waals surface area contributed by atoms with Gasteiger partial charge < -0.3 is 10.4 Å². The van der Waals surface area contributed by atoms with Gasteiger partial charge in [-0.25, -0.2) is 9.78 Å². The first-order valence-corrected chi connectivity index (χ1v) is 8.04. The van der Waals surface area contributed by atoms with Gasteiger partial charge in [0.15, 0.2) is 5.13 Å². The predicted molar refractivity (Wildman–Crippen MR) is 93.7 cm³/mol. The summed E-state index contributed by atoms with van der Waals surface area (Å²) in [5.74, 6) is -0.928. The van der Waals surface area contributed by atoms with E-state index in [-0.39, 0.29) is 5.56 Å². The minimum Gasteiger partial charge on any atom is -0.478 e. The van der Waals surface area contributed by atoms with Crippen LogP contribution in [0.25, 0.3) is 11.3 Å². The van der Waals surface area contributed by atoms with Crippen LogP contribution in [0.5, 0.6) is 0 Å². The molecular formula is C18H16N2O2S. The Morgan fingerprint density at radius 2 is 1.83 bits per heavy atom. The van der Waals surface area contributed by atoms with Crippen LogP contribution < -0.4 is 5.32 Å². The number of carbonyl (C=O) groups is 1. The quantitative estimate of drug-likeness (QED) is 0.719. The Kier molecular flexibility index (Phi) is 4.12. The van der Waals surface area contributed by atoms with Gasteiger partial charge in [0.2, 0.25) is 0 Å². The molecule has 0 bridgehead atoms. The second-order valence-corrected chi connectivity index (χ2v) is 6.20. The second kappa shape index (κ2) is 6.22. The maximum Gasteiger partial charge on any atom is 0.335 e. The van der Waals surface area contributed by atoms with Gasteiger partial charge in [0, 0.05) is 16.6 Å². The SMILES string of the molecule is Cc1ccc(-c2csc(Nc3ccc(C(=O)O)cc3)n2)cc1C. The Labute approximate surface area is 138 Å². The second-order valence-electron chi connectivity index (χ2n) is 5.34. The summed E-state index contributed by atoms with van der Waals surface area (Å²) in [5, 5.41) is 14.9. The lowest BCUT2D eigenvalue weighted by molar-refractivity contribution is 0.0697. The number of hydrogen-bond donors (Lipinski definition) is 2. The smallest absolute Gasteiger partial charge is 0.335 e. The molecule has 0 aliphatic heterocycles. The lowest BCUT2D eigenvalue weighted by Crippen LogP contribution is -1.96. The third-order valence-electron chi connectivity index (χ3n) is 3.69. The zero-order valence-corrected chi connectivity index (χ0v) is 13.6. The first-order chi connectivity index (χ1) is 11.0. The van der Waals surface area contributed by atoms with Crippen molar-refractivity contribution in [3.8, 4) is 11.3 Å². The summed E-state index contributed by atoms with van der Waals surface area (Å²) in [4.78, 5) is 15.4. The van der Waals surface area contributed by atoms with Crippen molar-refractivity contribution >= 4 is 28.1 Å². The van der Waals surface area contributed by atoms with E-state index in [4.69, 9.17) is 5.11 Å². The van der Waals surface area contributed by atoms with Crippen molar-refractivity contribution in [2.75, 3.05) is 5.32 Å². The van der Waals surface area contributed by atoms with Crippen molar-refractivity contribution in [1.29, 1.82) is 0 Å². The van der Waals surface area contributed by atoms with Crippen molar-refractivity contribution in [1.82, 2.24) is 4.98 Å². The average molecular weight is 324 g/mol. The van der Waals surface area contributed by atoms with E-state index in [2.05, 4.69) is 42.3 Å². The fourth-order valence-corrected chi connectivity index (χ4v) is 2.92. The van der Waals surface area contributed by atoms with Gasteiger partial charge in [0.05, 0.1) is 11.3 Å². The first-order valence-electron chi connectivity index (χ1n) is 7.16. The van der Waals surface area contributed by atoms with Crippen molar-refractivity contribution in [3.05, 3.63) is 64.5 Å². The largest absolute Gasteiger partial charge is 0.478 e. The maximum atomic E-state index is 10.9. The highest BCUT2D eigenvalue weighted by Crippen LogP contribution is 2.28. The molecule has 0 spiro atoms. The molecule has 0 unspecified atom stereocenters. The lowest BCUT2D eigenvalue weighted by atomic mass is 10.1. The molecule has 3 rings (SSSR count). The highest BCUT2D eigenvalue weighted by Gasteiger charge is 2.07. The van der Waals surface area contributed by atoms with Crippen molar-refractivity contribution in [2.24, 2.45) is 0 Å². The van der Waals surface area contributed by atoms with Crippen LogP contribution in [0.1, 0.15) is 21.5 Å². The first kappa shape index (κ1) is 15.2. The summed E-state index contributed by atoms with van der Waals surface area (Å²) in [7, 11) is 0. The summed E-state index contributed by atoms with van der Waals surface area (Å²) >= 11 is 1.52. The van der Waals surface area contributed by atoms with E-state index >= 15 is 0 Å². The Balaban J connectivity index is 1.79. The number of anilines is 2. The van der Waals surface area contributed by atoms with Gasteiger partial charge in [-0.1, -0.05) is 12.1 Å². The zero-order valence-electron chi connectivity index (χ0n) is 12.8. The van der Waals surface area contributed by atoms with Crippen LogP contribution in [0, 0.1) is 13.8 Å². The van der Waals surface area contributed by atoms with Gasteiger partial charge in [-0.05, 0) is 55.3 Å². The van der Waals surface area contributed by atoms with Crippen molar-refractivity contribution < 1.29 is 9.90 Å². The van der Waals surface area contributed by atoms with E-state index in [9.17, 15) is 4.79 Å². The fourth-order valence-electron chi connectivity index (χ4n) is 2.18. The number of nitrogens with one attached hydrogen (secondary N) is 1. The molecule has 1 heterocycles. The highest BCUT2D eigenvalue weighted by molar-refractivity contribution is 7.14. The Morgan fingerprint density at radius 3 is 2.48 bits per heavy atom. The van der Waals surface area contributed by atoms with E-state index in [1.165, 1.54) is 22.5 Å². The van der Waals surface area contributed by atoms with Crippen molar-refractivity contribution in [2.45, 2.75) is 13.8 Å². The molecule has 0 aliphatic rings. The summed E-state index contributed by atoms with van der Waals surface area (Å²) in [6.07, 6.45) is 0. The third kappa shape index (κ3) is 3.40. The van der Waals surface area contributed by atoms with Gasteiger partial charge in [0.1, 0.15) is 0 Å². The summed E-state index contributed by atoms with van der Waals surface area (Å²) in [6, 6.07) is 12.9. The maximum absolute atomic E-state index is 10.9. The lowest BCUT2D eigenvalue weighted by Gasteiger charge is -2.04. The molecular weight excluding hydrogens is 308 g/mol. The summed E-state index contributed by atoms with van der Waals surface area (Å²) < 4.78 is 0. The van der Waals surface area contributed by atoms with Crippen LogP contribution in [0.15, 0.2) is 47.8 Å². The standard InChI is InChI=1S/C18H16N2O2S/c1-11-3-4-14(9-12(11)2)16-10-23-18(20-16)19-15-7-5-13(6-8-15)17(21)22/h3-10H,1-2H3,(H,19,20)(H,21,22). The van der Waals surface area contributed by atoms with Crippen LogP contribution in [0.4, 0.5) is 10.8 Å². The number of carboxylic acid groups (broad SMARTS) is 1. The van der Waals surface area contributed by atoms with E-state index < -0.39 is 5.97 Å². The molecule has 23 heavy (non-hydrogen) atoms. The van der Waals surface area contributed by atoms with Crippen LogP contribution in [-0.4, -0.2) is 16.1 Å². The molecule has 0 amide bonds. The third-order valence-corrected chi connectivity index (χ3v) is 4.45. The van der Waals surface area contributed by atoms with Gasteiger partial charge in [-0.2, -0.15) is 0 Å². The number of aromatic carboxylic acids is 1. The molecule has 0 saturated carbocycles. The average Bonchev–Trinajstić information content (AvgIpc) is 2.99. The molecule has 2 N–H and O–H groups in total. The van der Waals surface area contributed by atoms with Gasteiger partial charge in [-0.3, -0.25) is 0 Å². The Hall–Kier alpha value is -2.66. The minimum absolute atomic E-state index is 0.269. The van der Waals surface area contributed by atoms with Gasteiger partial charge >= 0.3 is 5.97 Å². The molecule has 0 saturated heterocycles. The molecule has 0 radical (unpaired) electrons. The van der Waals surface area contributed by atoms with Crippen LogP contribution in [-0.2, 0) is 0 Å². The number of rotatable bonds is 4. The number of carboxylic acids is 1.